The molecular formula is C25H21N. The Bertz CT molecular complexity index is 1180. The Kier molecular flexibility index (Phi) is 3.53. The van der Waals surface area contributed by atoms with Crippen molar-refractivity contribution in [3.8, 4) is 0 Å². The molecule has 0 atom stereocenters. The highest BCUT2D eigenvalue weighted by atomic mass is 15.0. The first kappa shape index (κ1) is 15.2. The number of fused-ring (bicyclic) bond motifs is 4. The lowest BCUT2D eigenvalue weighted by atomic mass is 9.97. The summed E-state index contributed by atoms with van der Waals surface area (Å²) in [7, 11) is 0. The molecule has 0 saturated heterocycles. The van der Waals surface area contributed by atoms with Gasteiger partial charge in [-0.3, -0.25) is 0 Å². The molecule has 126 valence electrons. The third-order valence-corrected chi connectivity index (χ3v) is 5.47. The number of para-hydroxylation sites is 2. The van der Waals surface area contributed by atoms with Crippen molar-refractivity contribution in [2.45, 2.75) is 19.9 Å². The van der Waals surface area contributed by atoms with Gasteiger partial charge in [-0.1, -0.05) is 79.7 Å². The van der Waals surface area contributed by atoms with Crippen molar-refractivity contribution in [3.63, 3.8) is 0 Å². The second-order valence-corrected chi connectivity index (χ2v) is 6.91. The number of benzene rings is 4. The van der Waals surface area contributed by atoms with E-state index >= 15 is 0 Å². The Morgan fingerprint density at radius 1 is 0.615 bits per heavy atom. The van der Waals surface area contributed by atoms with Gasteiger partial charge in [0, 0.05) is 28.4 Å². The van der Waals surface area contributed by atoms with E-state index in [4.69, 9.17) is 0 Å². The van der Waals surface area contributed by atoms with Crippen LogP contribution in [-0.4, -0.2) is 4.57 Å². The summed E-state index contributed by atoms with van der Waals surface area (Å²) in [5.41, 5.74) is 5.43. The summed E-state index contributed by atoms with van der Waals surface area (Å²) in [4.78, 5) is 0. The Labute approximate surface area is 153 Å². The first-order valence-electron chi connectivity index (χ1n) is 9.32. The van der Waals surface area contributed by atoms with Crippen molar-refractivity contribution < 1.29 is 0 Å². The smallest absolute Gasteiger partial charge is 0.0494 e. The van der Waals surface area contributed by atoms with Crippen LogP contribution in [0.15, 0.2) is 84.9 Å². The summed E-state index contributed by atoms with van der Waals surface area (Å²) in [6, 6.07) is 30.8. The number of aromatic nitrogens is 1. The summed E-state index contributed by atoms with van der Waals surface area (Å²) < 4.78 is 2.46. The molecule has 0 bridgehead atoms. The third kappa shape index (κ3) is 2.24. The van der Waals surface area contributed by atoms with Crippen LogP contribution in [0.2, 0.25) is 0 Å². The van der Waals surface area contributed by atoms with E-state index < -0.39 is 0 Å². The van der Waals surface area contributed by atoms with Crippen molar-refractivity contribution in [2.75, 3.05) is 0 Å². The molecule has 0 aliphatic heterocycles. The van der Waals surface area contributed by atoms with E-state index in [-0.39, 0.29) is 0 Å². The molecule has 0 fully saturated rings. The van der Waals surface area contributed by atoms with Gasteiger partial charge in [0.05, 0.1) is 0 Å². The largest absolute Gasteiger partial charge is 0.336 e. The molecule has 0 radical (unpaired) electrons. The molecule has 1 heterocycles. The first-order chi connectivity index (χ1) is 12.9. The Hall–Kier alpha value is -3.06. The van der Waals surface area contributed by atoms with E-state index in [2.05, 4.69) is 96.4 Å². The van der Waals surface area contributed by atoms with Crippen molar-refractivity contribution >= 4 is 32.6 Å². The van der Waals surface area contributed by atoms with Gasteiger partial charge in [0.15, 0.2) is 0 Å². The van der Waals surface area contributed by atoms with E-state index in [9.17, 15) is 0 Å². The van der Waals surface area contributed by atoms with E-state index in [1.54, 1.807) is 0 Å². The zero-order valence-electron chi connectivity index (χ0n) is 14.9. The summed E-state index contributed by atoms with van der Waals surface area (Å²) in [5, 5.41) is 5.42. The minimum absolute atomic E-state index is 0.891. The molecule has 0 saturated carbocycles. The van der Waals surface area contributed by atoms with Crippen LogP contribution in [0.3, 0.4) is 0 Å². The van der Waals surface area contributed by atoms with Crippen molar-refractivity contribution in [3.05, 3.63) is 96.1 Å². The number of rotatable bonds is 3. The zero-order chi connectivity index (χ0) is 17.5. The predicted octanol–water partition coefficient (Wildman–Crippen LogP) is 6.56. The average molecular weight is 335 g/mol. The van der Waals surface area contributed by atoms with Crippen LogP contribution >= 0.6 is 0 Å². The van der Waals surface area contributed by atoms with Gasteiger partial charge in [-0.15, -0.1) is 0 Å². The maximum Gasteiger partial charge on any atom is 0.0494 e. The molecule has 0 spiro atoms. The Morgan fingerprint density at radius 3 is 1.81 bits per heavy atom. The lowest BCUT2D eigenvalue weighted by Crippen LogP contribution is -2.01. The second kappa shape index (κ2) is 6.03. The summed E-state index contributed by atoms with van der Waals surface area (Å²) in [5.74, 6) is 0. The van der Waals surface area contributed by atoms with Gasteiger partial charge in [0.2, 0.25) is 0 Å². The fourth-order valence-corrected chi connectivity index (χ4v) is 4.27. The topological polar surface area (TPSA) is 4.93 Å². The monoisotopic (exact) mass is 335 g/mol. The third-order valence-electron chi connectivity index (χ3n) is 5.47. The maximum atomic E-state index is 2.46. The van der Waals surface area contributed by atoms with E-state index in [1.807, 2.05) is 0 Å². The van der Waals surface area contributed by atoms with Crippen LogP contribution in [-0.2, 0) is 13.0 Å². The molecule has 5 rings (SSSR count). The van der Waals surface area contributed by atoms with Crippen LogP contribution in [0.5, 0.6) is 0 Å². The Morgan fingerprint density at radius 2 is 1.19 bits per heavy atom. The molecule has 0 aliphatic rings. The minimum atomic E-state index is 0.891. The molecule has 4 aromatic carbocycles. The van der Waals surface area contributed by atoms with Gasteiger partial charge in [0.1, 0.15) is 0 Å². The number of hydrogen-bond donors (Lipinski definition) is 0. The standard InChI is InChI=1S/C25H21N/c1-2-18-9-7-10-19-11-8-12-20(25(18)19)17-26-23-15-5-3-13-21(23)22-14-4-6-16-24(22)26/h3-16H,2,17H2,1H3. The Balaban J connectivity index is 1.79. The second-order valence-electron chi connectivity index (χ2n) is 6.91. The molecule has 26 heavy (non-hydrogen) atoms. The quantitative estimate of drug-likeness (QED) is 0.352. The van der Waals surface area contributed by atoms with E-state index in [0.717, 1.165) is 13.0 Å². The molecule has 5 aromatic rings. The van der Waals surface area contributed by atoms with Crippen LogP contribution in [0.1, 0.15) is 18.1 Å². The molecule has 0 N–H and O–H groups in total. The molecular weight excluding hydrogens is 314 g/mol. The predicted molar refractivity (Wildman–Crippen MR) is 112 cm³/mol. The molecule has 1 heteroatoms. The van der Waals surface area contributed by atoms with Gasteiger partial charge >= 0.3 is 0 Å². The van der Waals surface area contributed by atoms with Gasteiger partial charge in [0.25, 0.3) is 0 Å². The van der Waals surface area contributed by atoms with Crippen LogP contribution in [0.25, 0.3) is 32.6 Å². The van der Waals surface area contributed by atoms with Crippen LogP contribution < -0.4 is 0 Å². The number of hydrogen-bond acceptors (Lipinski definition) is 0. The van der Waals surface area contributed by atoms with Crippen molar-refractivity contribution in [2.24, 2.45) is 0 Å². The maximum absolute atomic E-state index is 2.46. The van der Waals surface area contributed by atoms with Crippen molar-refractivity contribution in [1.82, 2.24) is 4.57 Å². The molecule has 0 aliphatic carbocycles. The fourth-order valence-electron chi connectivity index (χ4n) is 4.27. The summed E-state index contributed by atoms with van der Waals surface area (Å²) >= 11 is 0. The molecule has 0 unspecified atom stereocenters. The van der Waals surface area contributed by atoms with Crippen LogP contribution in [0, 0.1) is 0 Å². The van der Waals surface area contributed by atoms with Gasteiger partial charge in [-0.2, -0.15) is 0 Å². The van der Waals surface area contributed by atoms with E-state index in [0.29, 0.717) is 0 Å². The van der Waals surface area contributed by atoms with E-state index in [1.165, 1.54) is 43.7 Å². The lowest BCUT2D eigenvalue weighted by molar-refractivity contribution is 0.875. The first-order valence-corrected chi connectivity index (χ1v) is 9.32. The normalized spacial score (nSPS) is 11.6. The highest BCUT2D eigenvalue weighted by molar-refractivity contribution is 6.08. The van der Waals surface area contributed by atoms with Gasteiger partial charge in [-0.25, -0.2) is 0 Å². The molecule has 0 amide bonds. The number of nitrogens with zero attached hydrogens (tertiary/aromatic N) is 1. The highest BCUT2D eigenvalue weighted by Gasteiger charge is 2.12. The van der Waals surface area contributed by atoms with Crippen molar-refractivity contribution in [1.29, 1.82) is 0 Å². The number of aryl methyl sites for hydroxylation is 1. The minimum Gasteiger partial charge on any atom is -0.336 e. The highest BCUT2D eigenvalue weighted by Crippen LogP contribution is 2.31. The van der Waals surface area contributed by atoms with Crippen LogP contribution in [0.4, 0.5) is 0 Å². The molecule has 1 aromatic heterocycles. The SMILES string of the molecule is CCc1cccc2cccc(Cn3c4ccccc4c4ccccc43)c12. The van der Waals surface area contributed by atoms with Gasteiger partial charge in [-0.05, 0) is 40.5 Å². The fraction of sp³-hybridized carbons (Fsp3) is 0.120. The average Bonchev–Trinajstić information content (AvgIpc) is 3.02. The zero-order valence-corrected chi connectivity index (χ0v) is 14.9. The summed E-state index contributed by atoms with van der Waals surface area (Å²) in [6.45, 7) is 3.13. The van der Waals surface area contributed by atoms with Gasteiger partial charge < -0.3 is 4.57 Å². The summed E-state index contributed by atoms with van der Waals surface area (Å²) in [6.07, 6.45) is 1.06. The molecule has 1 nitrogen and oxygen atoms in total. The lowest BCUT2D eigenvalue weighted by Gasteiger charge is -2.13.